The second kappa shape index (κ2) is 3.68. The normalized spacial score (nSPS) is 17.7. The Bertz CT molecular complexity index is 426. The van der Waals surface area contributed by atoms with Crippen molar-refractivity contribution in [3.63, 3.8) is 0 Å². The average molecular weight is 208 g/mol. The quantitative estimate of drug-likeness (QED) is 0.753. The van der Waals surface area contributed by atoms with Crippen LogP contribution in [0.2, 0.25) is 0 Å². The molecule has 1 aromatic rings. The highest BCUT2D eigenvalue weighted by Crippen LogP contribution is 2.33. The van der Waals surface area contributed by atoms with Crippen molar-refractivity contribution in [2.75, 3.05) is 0 Å². The summed E-state index contributed by atoms with van der Waals surface area (Å²) >= 11 is 0. The summed E-state index contributed by atoms with van der Waals surface area (Å²) in [5, 5.41) is 0. The number of nitrogens with zero attached hydrogens (tertiary/aromatic N) is 2. The standard InChI is InChI=1S/C11H16N2O2/c1-3-10(14)8(2)12-6-7-13(11(12)15)9-4-5-9/h6-9H,3-5H2,1-2H3. The number of carbonyl (C=O) groups excluding carboxylic acids is 1. The first-order valence-corrected chi connectivity index (χ1v) is 5.46. The Balaban J connectivity index is 2.28. The molecule has 0 radical (unpaired) electrons. The van der Waals surface area contributed by atoms with Crippen molar-refractivity contribution in [1.82, 2.24) is 9.13 Å². The van der Waals surface area contributed by atoms with E-state index in [4.69, 9.17) is 0 Å². The van der Waals surface area contributed by atoms with Gasteiger partial charge in [-0.2, -0.15) is 0 Å². The molecule has 1 fully saturated rings. The summed E-state index contributed by atoms with van der Waals surface area (Å²) in [6.45, 7) is 3.60. The van der Waals surface area contributed by atoms with E-state index < -0.39 is 0 Å². The van der Waals surface area contributed by atoms with E-state index in [1.807, 2.05) is 6.92 Å². The average Bonchev–Trinajstić information content (AvgIpc) is 3.01. The molecule has 0 bridgehead atoms. The van der Waals surface area contributed by atoms with Gasteiger partial charge >= 0.3 is 5.69 Å². The molecule has 1 aromatic heterocycles. The first-order chi connectivity index (χ1) is 7.15. The van der Waals surface area contributed by atoms with Gasteiger partial charge < -0.3 is 0 Å². The summed E-state index contributed by atoms with van der Waals surface area (Å²) in [5.74, 6) is 0.102. The molecule has 2 rings (SSSR count). The highest BCUT2D eigenvalue weighted by Gasteiger charge is 2.26. The Morgan fingerprint density at radius 3 is 2.73 bits per heavy atom. The number of hydrogen-bond donors (Lipinski definition) is 0. The van der Waals surface area contributed by atoms with E-state index in [0.717, 1.165) is 12.8 Å². The van der Waals surface area contributed by atoms with Crippen molar-refractivity contribution >= 4 is 5.78 Å². The lowest BCUT2D eigenvalue weighted by Gasteiger charge is -2.09. The van der Waals surface area contributed by atoms with Gasteiger partial charge in [0.2, 0.25) is 0 Å². The molecular weight excluding hydrogens is 192 g/mol. The smallest absolute Gasteiger partial charge is 0.297 e. The second-order valence-electron chi connectivity index (χ2n) is 4.12. The predicted molar refractivity (Wildman–Crippen MR) is 57.0 cm³/mol. The lowest BCUT2D eigenvalue weighted by atomic mass is 10.2. The van der Waals surface area contributed by atoms with Crippen molar-refractivity contribution < 1.29 is 4.79 Å². The zero-order valence-electron chi connectivity index (χ0n) is 9.14. The fraction of sp³-hybridized carbons (Fsp3) is 0.636. The number of ketones is 1. The van der Waals surface area contributed by atoms with Crippen LogP contribution >= 0.6 is 0 Å². The van der Waals surface area contributed by atoms with Gasteiger partial charge in [0.15, 0.2) is 5.78 Å². The molecule has 0 saturated heterocycles. The van der Waals surface area contributed by atoms with Crippen LogP contribution in [-0.2, 0) is 4.79 Å². The summed E-state index contributed by atoms with van der Waals surface area (Å²) in [6, 6.07) is 0.0465. The van der Waals surface area contributed by atoms with Gasteiger partial charge in [-0.15, -0.1) is 0 Å². The van der Waals surface area contributed by atoms with Crippen LogP contribution in [-0.4, -0.2) is 14.9 Å². The van der Waals surface area contributed by atoms with Gasteiger partial charge in [-0.25, -0.2) is 4.79 Å². The van der Waals surface area contributed by atoms with Gasteiger partial charge in [0.05, 0.1) is 6.04 Å². The van der Waals surface area contributed by atoms with Gasteiger partial charge in [0, 0.05) is 24.9 Å². The van der Waals surface area contributed by atoms with Crippen LogP contribution in [0, 0.1) is 0 Å². The zero-order valence-corrected chi connectivity index (χ0v) is 9.14. The SMILES string of the molecule is CCC(=O)C(C)n1ccn(C2CC2)c1=O. The van der Waals surface area contributed by atoms with E-state index in [-0.39, 0.29) is 17.5 Å². The van der Waals surface area contributed by atoms with Gasteiger partial charge in [0.1, 0.15) is 0 Å². The van der Waals surface area contributed by atoms with Crippen molar-refractivity contribution in [1.29, 1.82) is 0 Å². The third kappa shape index (κ3) is 1.76. The van der Waals surface area contributed by atoms with Gasteiger partial charge in [0.25, 0.3) is 0 Å². The van der Waals surface area contributed by atoms with E-state index in [1.165, 1.54) is 4.57 Å². The molecule has 1 saturated carbocycles. The van der Waals surface area contributed by atoms with Gasteiger partial charge in [-0.05, 0) is 19.8 Å². The minimum Gasteiger partial charge on any atom is -0.297 e. The number of hydrogen-bond acceptors (Lipinski definition) is 2. The number of carbonyl (C=O) groups is 1. The molecular formula is C11H16N2O2. The summed E-state index contributed by atoms with van der Waals surface area (Å²) < 4.78 is 3.27. The molecule has 1 aliphatic carbocycles. The minimum atomic E-state index is -0.331. The summed E-state index contributed by atoms with van der Waals surface area (Å²) in [6.07, 6.45) is 6.15. The van der Waals surface area contributed by atoms with Crippen molar-refractivity contribution in [2.45, 2.75) is 45.2 Å². The molecule has 15 heavy (non-hydrogen) atoms. The third-order valence-electron chi connectivity index (χ3n) is 3.00. The van der Waals surface area contributed by atoms with E-state index >= 15 is 0 Å². The molecule has 4 nitrogen and oxygen atoms in total. The van der Waals surface area contributed by atoms with Crippen LogP contribution in [0.5, 0.6) is 0 Å². The van der Waals surface area contributed by atoms with Crippen LogP contribution < -0.4 is 5.69 Å². The summed E-state index contributed by atoms with van der Waals surface area (Å²) in [4.78, 5) is 23.4. The number of aromatic nitrogens is 2. The van der Waals surface area contributed by atoms with Gasteiger partial charge in [-0.3, -0.25) is 13.9 Å². The Labute approximate surface area is 88.5 Å². The molecule has 0 amide bonds. The molecule has 1 heterocycles. The molecule has 82 valence electrons. The first kappa shape index (κ1) is 10.2. The third-order valence-corrected chi connectivity index (χ3v) is 3.00. The number of Topliss-reactive ketones (excluding diaryl/α,β-unsaturated/α-hetero) is 1. The van der Waals surface area contributed by atoms with Crippen LogP contribution in [0.3, 0.4) is 0 Å². The molecule has 1 atom stereocenters. The molecule has 0 aromatic carbocycles. The van der Waals surface area contributed by atoms with Crippen molar-refractivity contribution in [3.05, 3.63) is 22.9 Å². The fourth-order valence-electron chi connectivity index (χ4n) is 1.78. The number of imidazole rings is 1. The second-order valence-corrected chi connectivity index (χ2v) is 4.12. The van der Waals surface area contributed by atoms with E-state index in [9.17, 15) is 9.59 Å². The van der Waals surface area contributed by atoms with E-state index in [2.05, 4.69) is 0 Å². The maximum absolute atomic E-state index is 11.9. The molecule has 1 aliphatic rings. The van der Waals surface area contributed by atoms with Crippen LogP contribution in [0.1, 0.15) is 45.2 Å². The lowest BCUT2D eigenvalue weighted by molar-refractivity contribution is -0.121. The monoisotopic (exact) mass is 208 g/mol. The maximum Gasteiger partial charge on any atom is 0.329 e. The Kier molecular flexibility index (Phi) is 2.50. The first-order valence-electron chi connectivity index (χ1n) is 5.46. The zero-order chi connectivity index (χ0) is 11.0. The van der Waals surface area contributed by atoms with Crippen LogP contribution in [0.25, 0.3) is 0 Å². The van der Waals surface area contributed by atoms with Crippen LogP contribution in [0.4, 0.5) is 0 Å². The summed E-state index contributed by atoms with van der Waals surface area (Å²) in [5.41, 5.74) is -0.0493. The molecule has 0 spiro atoms. The van der Waals surface area contributed by atoms with E-state index in [1.54, 1.807) is 23.9 Å². The minimum absolute atomic E-state index is 0.0493. The molecule has 4 heteroatoms. The number of rotatable bonds is 4. The van der Waals surface area contributed by atoms with Crippen LogP contribution in [0.15, 0.2) is 17.2 Å². The Morgan fingerprint density at radius 1 is 1.53 bits per heavy atom. The van der Waals surface area contributed by atoms with Gasteiger partial charge in [-0.1, -0.05) is 6.92 Å². The van der Waals surface area contributed by atoms with Crippen molar-refractivity contribution in [3.8, 4) is 0 Å². The van der Waals surface area contributed by atoms with Crippen molar-refractivity contribution in [2.24, 2.45) is 0 Å². The lowest BCUT2D eigenvalue weighted by Crippen LogP contribution is -2.29. The molecule has 0 aliphatic heterocycles. The highest BCUT2D eigenvalue weighted by molar-refractivity contribution is 5.81. The topological polar surface area (TPSA) is 44.0 Å². The summed E-state index contributed by atoms with van der Waals surface area (Å²) in [7, 11) is 0. The van der Waals surface area contributed by atoms with E-state index in [0.29, 0.717) is 12.5 Å². The Morgan fingerprint density at radius 2 is 2.20 bits per heavy atom. The molecule has 1 unspecified atom stereocenters. The predicted octanol–water partition coefficient (Wildman–Crippen LogP) is 1.52. The largest absolute Gasteiger partial charge is 0.329 e. The fourth-order valence-corrected chi connectivity index (χ4v) is 1.78. The molecule has 0 N–H and O–H groups in total. The maximum atomic E-state index is 11.9. The highest BCUT2D eigenvalue weighted by atomic mass is 16.2. The Hall–Kier alpha value is -1.32.